The average molecular weight is 455 g/mol. The predicted molar refractivity (Wildman–Crippen MR) is 123 cm³/mol. The standard InChI is InChI=1S/C22H38N4O4S/c1-5-25(6-2)15-13-23-22(27)26-14-7-8-21(18-26)31(28,29)20-11-9-19(10-12-20)30-17-16-24(3)4/h9-12,21H,5-8,13-18H2,1-4H3,(H,23,27). The van der Waals surface area contributed by atoms with Crippen LogP contribution in [0, 0.1) is 0 Å². The molecule has 9 heteroatoms. The summed E-state index contributed by atoms with van der Waals surface area (Å²) in [7, 11) is 0.425. The second-order valence-electron chi connectivity index (χ2n) is 8.14. The van der Waals surface area contributed by atoms with Crippen molar-refractivity contribution >= 4 is 15.9 Å². The van der Waals surface area contributed by atoms with Gasteiger partial charge in [-0.2, -0.15) is 0 Å². The van der Waals surface area contributed by atoms with Gasteiger partial charge < -0.3 is 24.8 Å². The Morgan fingerprint density at radius 2 is 1.84 bits per heavy atom. The molecule has 1 aliphatic heterocycles. The summed E-state index contributed by atoms with van der Waals surface area (Å²) in [6.45, 7) is 9.55. The zero-order valence-electron chi connectivity index (χ0n) is 19.3. The molecule has 1 heterocycles. The van der Waals surface area contributed by atoms with Crippen molar-refractivity contribution in [2.24, 2.45) is 0 Å². The predicted octanol–water partition coefficient (Wildman–Crippen LogP) is 1.92. The topological polar surface area (TPSA) is 82.2 Å². The van der Waals surface area contributed by atoms with E-state index in [2.05, 4.69) is 24.1 Å². The first-order valence-corrected chi connectivity index (χ1v) is 12.7. The van der Waals surface area contributed by atoms with Crippen molar-refractivity contribution in [2.45, 2.75) is 36.8 Å². The molecule has 2 amide bonds. The number of nitrogens with zero attached hydrogens (tertiary/aromatic N) is 3. The fourth-order valence-electron chi connectivity index (χ4n) is 3.61. The van der Waals surface area contributed by atoms with Gasteiger partial charge in [-0.3, -0.25) is 0 Å². The van der Waals surface area contributed by atoms with Crippen LogP contribution in [-0.4, -0.2) is 101 Å². The van der Waals surface area contributed by atoms with Crippen LogP contribution in [0.15, 0.2) is 29.2 Å². The van der Waals surface area contributed by atoms with Crippen LogP contribution in [0.3, 0.4) is 0 Å². The summed E-state index contributed by atoms with van der Waals surface area (Å²) in [5.41, 5.74) is 0. The number of urea groups is 1. The molecule has 8 nitrogen and oxygen atoms in total. The van der Waals surface area contributed by atoms with Crippen molar-refractivity contribution in [3.63, 3.8) is 0 Å². The minimum Gasteiger partial charge on any atom is -0.492 e. The number of likely N-dealkylation sites (N-methyl/N-ethyl adjacent to an activating group) is 2. The molecule has 1 aromatic rings. The van der Waals surface area contributed by atoms with Crippen LogP contribution in [0.4, 0.5) is 4.79 Å². The fraction of sp³-hybridized carbons (Fsp3) is 0.682. The highest BCUT2D eigenvalue weighted by molar-refractivity contribution is 7.92. The number of benzene rings is 1. The minimum absolute atomic E-state index is 0.184. The first-order chi connectivity index (χ1) is 14.8. The van der Waals surface area contributed by atoms with Gasteiger partial charge in [-0.25, -0.2) is 13.2 Å². The molecule has 1 aromatic carbocycles. The zero-order chi connectivity index (χ0) is 22.9. The summed E-state index contributed by atoms with van der Waals surface area (Å²) in [6, 6.07) is 6.41. The van der Waals surface area contributed by atoms with Crippen molar-refractivity contribution < 1.29 is 17.9 Å². The molecule has 1 unspecified atom stereocenters. The second-order valence-corrected chi connectivity index (χ2v) is 10.4. The first-order valence-electron chi connectivity index (χ1n) is 11.1. The van der Waals surface area contributed by atoms with Crippen LogP contribution in [0.1, 0.15) is 26.7 Å². The highest BCUT2D eigenvalue weighted by atomic mass is 32.2. The largest absolute Gasteiger partial charge is 0.492 e. The molecule has 0 spiro atoms. The van der Waals surface area contributed by atoms with Crippen molar-refractivity contribution in [3.05, 3.63) is 24.3 Å². The summed E-state index contributed by atoms with van der Waals surface area (Å²) in [4.78, 5) is 18.7. The number of piperidine rings is 1. The first kappa shape index (κ1) is 25.4. The van der Waals surface area contributed by atoms with E-state index in [4.69, 9.17) is 4.74 Å². The van der Waals surface area contributed by atoms with Crippen molar-refractivity contribution in [1.82, 2.24) is 20.0 Å². The molecular weight excluding hydrogens is 416 g/mol. The van der Waals surface area contributed by atoms with Crippen LogP contribution < -0.4 is 10.1 Å². The Morgan fingerprint density at radius 3 is 2.45 bits per heavy atom. The van der Waals surface area contributed by atoms with E-state index in [0.717, 1.165) is 26.2 Å². The molecule has 0 aliphatic carbocycles. The van der Waals surface area contributed by atoms with Crippen molar-refractivity contribution in [1.29, 1.82) is 0 Å². The molecule has 0 saturated carbocycles. The minimum atomic E-state index is -3.51. The van der Waals surface area contributed by atoms with Crippen molar-refractivity contribution in [2.75, 3.05) is 66.5 Å². The Bertz CT molecular complexity index is 779. The molecule has 0 radical (unpaired) electrons. The molecule has 1 N–H and O–H groups in total. The van der Waals surface area contributed by atoms with Gasteiger partial charge in [0.1, 0.15) is 12.4 Å². The van der Waals surface area contributed by atoms with E-state index >= 15 is 0 Å². The van der Waals surface area contributed by atoms with E-state index in [0.29, 0.717) is 38.3 Å². The van der Waals surface area contributed by atoms with Crippen LogP contribution in [0.25, 0.3) is 0 Å². The SMILES string of the molecule is CCN(CC)CCNC(=O)N1CCCC(S(=O)(=O)c2ccc(OCCN(C)C)cc2)C1. The number of sulfone groups is 1. The Morgan fingerprint density at radius 1 is 1.16 bits per heavy atom. The second kappa shape index (κ2) is 12.3. The Kier molecular flexibility index (Phi) is 10.1. The third kappa shape index (κ3) is 7.66. The van der Waals surface area contributed by atoms with E-state index in [9.17, 15) is 13.2 Å². The van der Waals surface area contributed by atoms with Gasteiger partial charge in [0.15, 0.2) is 9.84 Å². The number of hydrogen-bond donors (Lipinski definition) is 1. The maximum atomic E-state index is 13.1. The molecule has 31 heavy (non-hydrogen) atoms. The number of rotatable bonds is 11. The van der Waals surface area contributed by atoms with E-state index in [-0.39, 0.29) is 17.5 Å². The summed E-state index contributed by atoms with van der Waals surface area (Å²) in [6.07, 6.45) is 1.24. The number of carbonyl (C=O) groups excluding carboxylic acids is 1. The van der Waals surface area contributed by atoms with E-state index in [1.165, 1.54) is 0 Å². The number of amides is 2. The maximum absolute atomic E-state index is 13.1. The summed E-state index contributed by atoms with van der Waals surface area (Å²) in [5.74, 6) is 0.652. The van der Waals surface area contributed by atoms with Gasteiger partial charge in [0.25, 0.3) is 0 Å². The highest BCUT2D eigenvalue weighted by Crippen LogP contribution is 2.25. The average Bonchev–Trinajstić information content (AvgIpc) is 2.77. The number of hydrogen-bond acceptors (Lipinski definition) is 6. The quantitative estimate of drug-likeness (QED) is 0.550. The lowest BCUT2D eigenvalue weighted by molar-refractivity contribution is 0.185. The van der Waals surface area contributed by atoms with Gasteiger partial charge in [0.2, 0.25) is 0 Å². The van der Waals surface area contributed by atoms with Gasteiger partial charge in [0.05, 0.1) is 10.1 Å². The lowest BCUT2D eigenvalue weighted by Crippen LogP contribution is -2.50. The molecule has 2 rings (SSSR count). The zero-order valence-corrected chi connectivity index (χ0v) is 20.2. The van der Waals surface area contributed by atoms with Crippen LogP contribution in [-0.2, 0) is 9.84 Å². The van der Waals surface area contributed by atoms with Gasteiger partial charge in [-0.1, -0.05) is 13.8 Å². The van der Waals surface area contributed by atoms with Crippen LogP contribution >= 0.6 is 0 Å². The third-order valence-corrected chi connectivity index (χ3v) is 7.85. The summed E-state index contributed by atoms with van der Waals surface area (Å²) >= 11 is 0. The summed E-state index contributed by atoms with van der Waals surface area (Å²) < 4.78 is 31.9. The number of ether oxygens (including phenoxy) is 1. The van der Waals surface area contributed by atoms with E-state index in [1.54, 1.807) is 29.2 Å². The number of nitrogens with one attached hydrogen (secondary N) is 1. The molecule has 1 atom stereocenters. The lowest BCUT2D eigenvalue weighted by Gasteiger charge is -2.32. The molecule has 1 fully saturated rings. The van der Waals surface area contributed by atoms with Gasteiger partial charge >= 0.3 is 6.03 Å². The Balaban J connectivity index is 1.93. The van der Waals surface area contributed by atoms with Crippen LogP contribution in [0.5, 0.6) is 5.75 Å². The number of likely N-dealkylation sites (tertiary alicyclic amines) is 1. The van der Waals surface area contributed by atoms with E-state index in [1.807, 2.05) is 19.0 Å². The molecule has 176 valence electrons. The summed E-state index contributed by atoms with van der Waals surface area (Å²) in [5, 5.41) is 2.34. The molecule has 1 aliphatic rings. The molecule has 0 aromatic heterocycles. The molecule has 0 bridgehead atoms. The molecule has 1 saturated heterocycles. The Hall–Kier alpha value is -1.84. The normalized spacial score (nSPS) is 17.2. The van der Waals surface area contributed by atoms with E-state index < -0.39 is 15.1 Å². The van der Waals surface area contributed by atoms with Gasteiger partial charge in [-0.05, 0) is 64.3 Å². The fourth-order valence-corrected chi connectivity index (χ4v) is 5.37. The lowest BCUT2D eigenvalue weighted by atomic mass is 10.1. The Labute approximate surface area is 187 Å². The maximum Gasteiger partial charge on any atom is 0.317 e. The van der Waals surface area contributed by atoms with Crippen LogP contribution in [0.2, 0.25) is 0 Å². The van der Waals surface area contributed by atoms with Gasteiger partial charge in [-0.15, -0.1) is 0 Å². The highest BCUT2D eigenvalue weighted by Gasteiger charge is 2.33. The van der Waals surface area contributed by atoms with Gasteiger partial charge in [0, 0.05) is 32.7 Å². The monoisotopic (exact) mass is 454 g/mol. The number of carbonyl (C=O) groups is 1. The third-order valence-electron chi connectivity index (χ3n) is 5.66. The molecular formula is C22H38N4O4S. The van der Waals surface area contributed by atoms with Crippen molar-refractivity contribution in [3.8, 4) is 5.75 Å². The smallest absolute Gasteiger partial charge is 0.317 e.